The summed E-state index contributed by atoms with van der Waals surface area (Å²) in [6.07, 6.45) is 6.06. The zero-order chi connectivity index (χ0) is 13.9. The summed E-state index contributed by atoms with van der Waals surface area (Å²) in [4.78, 5) is 10.5. The van der Waals surface area contributed by atoms with Crippen molar-refractivity contribution in [3.63, 3.8) is 0 Å². The molecular formula is C15H22O3. The second kappa shape index (κ2) is 5.53. The normalized spacial score (nSPS) is 28.7. The standard InChI is InChI=1S/C15H22O3/c1-10(7-14(17)18)5-6-13-11(2)8-12(16)9-15(13,3)4/h5-7,12-13,16H,2,8-9H2,1,3-4H3,(H,17,18)/b6-5+,10-7-/t12-,13-/m0/s1. The van der Waals surface area contributed by atoms with Gasteiger partial charge in [0, 0.05) is 12.0 Å². The predicted octanol–water partition coefficient (Wildman–Crippen LogP) is 2.93. The molecule has 18 heavy (non-hydrogen) atoms. The van der Waals surface area contributed by atoms with Gasteiger partial charge in [-0.2, -0.15) is 0 Å². The second-order valence-electron chi connectivity index (χ2n) is 5.77. The maximum Gasteiger partial charge on any atom is 0.328 e. The van der Waals surface area contributed by atoms with Crippen molar-refractivity contribution in [3.05, 3.63) is 36.0 Å². The molecule has 0 radical (unpaired) electrons. The van der Waals surface area contributed by atoms with E-state index in [1.165, 1.54) is 6.08 Å². The fourth-order valence-corrected chi connectivity index (χ4v) is 2.68. The van der Waals surface area contributed by atoms with E-state index in [-0.39, 0.29) is 17.4 Å². The summed E-state index contributed by atoms with van der Waals surface area (Å²) >= 11 is 0. The molecule has 0 unspecified atom stereocenters. The van der Waals surface area contributed by atoms with Crippen molar-refractivity contribution in [1.29, 1.82) is 0 Å². The van der Waals surface area contributed by atoms with Crippen LogP contribution in [0.2, 0.25) is 0 Å². The number of hydrogen-bond acceptors (Lipinski definition) is 2. The first kappa shape index (κ1) is 14.7. The fraction of sp³-hybridized carbons (Fsp3) is 0.533. The van der Waals surface area contributed by atoms with Crippen molar-refractivity contribution in [3.8, 4) is 0 Å². The fourth-order valence-electron chi connectivity index (χ4n) is 2.68. The van der Waals surface area contributed by atoms with E-state index >= 15 is 0 Å². The second-order valence-corrected chi connectivity index (χ2v) is 5.77. The number of aliphatic carboxylic acids is 1. The van der Waals surface area contributed by atoms with Crippen LogP contribution in [0.1, 0.15) is 33.6 Å². The highest BCUT2D eigenvalue weighted by molar-refractivity contribution is 5.81. The van der Waals surface area contributed by atoms with Crippen molar-refractivity contribution in [2.24, 2.45) is 11.3 Å². The molecule has 100 valence electrons. The van der Waals surface area contributed by atoms with Gasteiger partial charge in [-0.05, 0) is 30.8 Å². The molecular weight excluding hydrogens is 228 g/mol. The number of allylic oxidation sites excluding steroid dienone is 3. The maximum absolute atomic E-state index is 10.5. The minimum atomic E-state index is -0.936. The van der Waals surface area contributed by atoms with Crippen molar-refractivity contribution >= 4 is 5.97 Å². The Balaban J connectivity index is 2.85. The van der Waals surface area contributed by atoms with E-state index in [1.807, 2.05) is 12.2 Å². The monoisotopic (exact) mass is 250 g/mol. The Morgan fingerprint density at radius 2 is 2.11 bits per heavy atom. The average molecular weight is 250 g/mol. The lowest BCUT2D eigenvalue weighted by atomic mass is 9.65. The number of rotatable bonds is 3. The number of aliphatic hydroxyl groups excluding tert-OH is 1. The number of hydrogen-bond donors (Lipinski definition) is 2. The van der Waals surface area contributed by atoms with E-state index in [9.17, 15) is 9.90 Å². The summed E-state index contributed by atoms with van der Waals surface area (Å²) in [5.41, 5.74) is 1.67. The topological polar surface area (TPSA) is 57.5 Å². The van der Waals surface area contributed by atoms with Crippen molar-refractivity contribution in [2.75, 3.05) is 0 Å². The van der Waals surface area contributed by atoms with Gasteiger partial charge in [0.1, 0.15) is 0 Å². The quantitative estimate of drug-likeness (QED) is 0.460. The minimum absolute atomic E-state index is 0.0469. The summed E-state index contributed by atoms with van der Waals surface area (Å²) < 4.78 is 0. The summed E-state index contributed by atoms with van der Waals surface area (Å²) in [5.74, 6) is -0.757. The third-order valence-corrected chi connectivity index (χ3v) is 3.44. The molecule has 0 aliphatic heterocycles. The predicted molar refractivity (Wildman–Crippen MR) is 72.2 cm³/mol. The van der Waals surface area contributed by atoms with Crippen molar-refractivity contribution in [2.45, 2.75) is 39.7 Å². The molecule has 3 nitrogen and oxygen atoms in total. The van der Waals surface area contributed by atoms with Crippen LogP contribution < -0.4 is 0 Å². The van der Waals surface area contributed by atoms with Gasteiger partial charge in [0.15, 0.2) is 0 Å². The molecule has 0 heterocycles. The number of aliphatic hydroxyl groups is 1. The molecule has 0 bridgehead atoms. The molecule has 0 aromatic heterocycles. The Hall–Kier alpha value is -1.35. The van der Waals surface area contributed by atoms with Gasteiger partial charge in [-0.3, -0.25) is 0 Å². The van der Waals surface area contributed by atoms with Crippen LogP contribution in [0, 0.1) is 11.3 Å². The molecule has 3 heteroatoms. The van der Waals surface area contributed by atoms with Crippen LogP contribution >= 0.6 is 0 Å². The van der Waals surface area contributed by atoms with E-state index in [0.717, 1.165) is 12.0 Å². The smallest absolute Gasteiger partial charge is 0.328 e. The summed E-state index contributed by atoms with van der Waals surface area (Å²) in [6.45, 7) is 10.0. The van der Waals surface area contributed by atoms with Gasteiger partial charge in [-0.25, -0.2) is 4.79 Å². The van der Waals surface area contributed by atoms with Gasteiger partial charge in [0.2, 0.25) is 0 Å². The highest BCUT2D eigenvalue weighted by Gasteiger charge is 2.36. The maximum atomic E-state index is 10.5. The summed E-state index contributed by atoms with van der Waals surface area (Å²) in [5, 5.41) is 18.4. The molecule has 0 aromatic rings. The highest BCUT2D eigenvalue weighted by atomic mass is 16.4. The molecule has 0 spiro atoms. The minimum Gasteiger partial charge on any atom is -0.478 e. The Labute approximate surface area is 109 Å². The largest absolute Gasteiger partial charge is 0.478 e. The van der Waals surface area contributed by atoms with Gasteiger partial charge in [0.25, 0.3) is 0 Å². The zero-order valence-corrected chi connectivity index (χ0v) is 11.3. The van der Waals surface area contributed by atoms with Crippen LogP contribution in [0.15, 0.2) is 36.0 Å². The van der Waals surface area contributed by atoms with Crippen molar-refractivity contribution < 1.29 is 15.0 Å². The van der Waals surface area contributed by atoms with Gasteiger partial charge >= 0.3 is 5.97 Å². The highest BCUT2D eigenvalue weighted by Crippen LogP contribution is 2.43. The Bertz CT molecular complexity index is 402. The van der Waals surface area contributed by atoms with Gasteiger partial charge in [-0.1, -0.05) is 38.2 Å². The van der Waals surface area contributed by atoms with E-state index in [4.69, 9.17) is 5.11 Å². The van der Waals surface area contributed by atoms with E-state index in [2.05, 4.69) is 20.4 Å². The van der Waals surface area contributed by atoms with Gasteiger partial charge < -0.3 is 10.2 Å². The third-order valence-electron chi connectivity index (χ3n) is 3.44. The molecule has 1 rings (SSSR count). The first-order valence-corrected chi connectivity index (χ1v) is 6.17. The van der Waals surface area contributed by atoms with E-state index < -0.39 is 5.97 Å². The van der Waals surface area contributed by atoms with Gasteiger partial charge in [0.05, 0.1) is 6.10 Å². The lowest BCUT2D eigenvalue weighted by molar-refractivity contribution is -0.131. The lowest BCUT2D eigenvalue weighted by Gasteiger charge is -2.41. The Morgan fingerprint density at radius 3 is 2.61 bits per heavy atom. The first-order valence-electron chi connectivity index (χ1n) is 6.17. The first-order chi connectivity index (χ1) is 8.22. The molecule has 1 fully saturated rings. The molecule has 2 N–H and O–H groups in total. The molecule has 2 atom stereocenters. The van der Waals surface area contributed by atoms with Crippen LogP contribution in [-0.2, 0) is 4.79 Å². The van der Waals surface area contributed by atoms with Crippen LogP contribution in [0.4, 0.5) is 0 Å². The SMILES string of the molecule is C=C1C[C@H](O)CC(C)(C)[C@H]1/C=C/C(C)=C\C(=O)O. The molecule has 1 aliphatic rings. The number of carboxylic acids is 1. The van der Waals surface area contributed by atoms with Crippen LogP contribution in [0.25, 0.3) is 0 Å². The third kappa shape index (κ3) is 3.84. The van der Waals surface area contributed by atoms with Crippen LogP contribution in [0.3, 0.4) is 0 Å². The van der Waals surface area contributed by atoms with Gasteiger partial charge in [-0.15, -0.1) is 0 Å². The molecule has 0 aromatic carbocycles. The average Bonchev–Trinajstić information content (AvgIpc) is 2.12. The van der Waals surface area contributed by atoms with E-state index in [1.54, 1.807) is 6.92 Å². The molecule has 0 amide bonds. The van der Waals surface area contributed by atoms with Crippen molar-refractivity contribution in [1.82, 2.24) is 0 Å². The number of carboxylic acid groups (broad SMARTS) is 1. The van der Waals surface area contributed by atoms with Crippen LogP contribution in [0.5, 0.6) is 0 Å². The molecule has 1 saturated carbocycles. The molecule has 0 saturated heterocycles. The van der Waals surface area contributed by atoms with Crippen LogP contribution in [-0.4, -0.2) is 22.3 Å². The molecule has 1 aliphatic carbocycles. The lowest BCUT2D eigenvalue weighted by Crippen LogP contribution is -2.35. The summed E-state index contributed by atoms with van der Waals surface area (Å²) in [6, 6.07) is 0. The Kier molecular flexibility index (Phi) is 4.52. The zero-order valence-electron chi connectivity index (χ0n) is 11.3. The summed E-state index contributed by atoms with van der Waals surface area (Å²) in [7, 11) is 0. The number of carbonyl (C=O) groups is 1. The van der Waals surface area contributed by atoms with E-state index in [0.29, 0.717) is 12.0 Å². The Morgan fingerprint density at radius 1 is 1.50 bits per heavy atom.